The van der Waals surface area contributed by atoms with Crippen molar-refractivity contribution in [3.63, 3.8) is 0 Å². The van der Waals surface area contributed by atoms with Crippen LogP contribution < -0.4 is 5.73 Å². The van der Waals surface area contributed by atoms with Gasteiger partial charge < -0.3 is 5.73 Å². The Morgan fingerprint density at radius 3 is 1.71 bits per heavy atom. The lowest BCUT2D eigenvalue weighted by atomic mass is 9.92. The fraction of sp³-hybridized carbons (Fsp3) is 0. The smallest absolute Gasteiger partial charge is 0.116 e. The van der Waals surface area contributed by atoms with Gasteiger partial charge in [-0.25, -0.2) is 0 Å². The van der Waals surface area contributed by atoms with E-state index in [1.54, 1.807) is 12.1 Å². The zero-order valence-electron chi connectivity index (χ0n) is 11.4. The van der Waals surface area contributed by atoms with Crippen LogP contribution in [0.2, 0.25) is 0 Å². The van der Waals surface area contributed by atoms with E-state index < -0.39 is 0 Å². The zero-order chi connectivity index (χ0) is 14.7. The van der Waals surface area contributed by atoms with E-state index in [0.29, 0.717) is 11.4 Å². The molecule has 2 N–H and O–H groups in total. The molecule has 0 saturated carbocycles. The van der Waals surface area contributed by atoms with Crippen molar-refractivity contribution in [2.24, 2.45) is 5.18 Å². The summed E-state index contributed by atoms with van der Waals surface area (Å²) in [5, 5.41) is 3.17. The van der Waals surface area contributed by atoms with Gasteiger partial charge in [0.15, 0.2) is 0 Å². The molecule has 0 unspecified atom stereocenters. The third-order valence-corrected chi connectivity index (χ3v) is 3.44. The molecule has 0 fully saturated rings. The predicted molar refractivity (Wildman–Crippen MR) is 87.2 cm³/mol. The minimum absolute atomic E-state index is 0.397. The van der Waals surface area contributed by atoms with Gasteiger partial charge in [-0.05, 0) is 28.4 Å². The molecule has 3 aromatic carbocycles. The first-order chi connectivity index (χ1) is 10.3. The van der Waals surface area contributed by atoms with Crippen molar-refractivity contribution in [1.82, 2.24) is 0 Å². The highest BCUT2D eigenvalue weighted by Gasteiger charge is 2.15. The number of nitrogens with two attached hydrogens (primary N) is 1. The molecular weight excluding hydrogens is 260 g/mol. The van der Waals surface area contributed by atoms with Crippen LogP contribution in [0.5, 0.6) is 0 Å². The maximum atomic E-state index is 11.2. The molecule has 0 spiro atoms. The fourth-order valence-corrected chi connectivity index (χ4v) is 2.50. The first-order valence-electron chi connectivity index (χ1n) is 6.68. The Hall–Kier alpha value is -2.94. The molecule has 3 nitrogen and oxygen atoms in total. The van der Waals surface area contributed by atoms with Gasteiger partial charge in [-0.3, -0.25) is 0 Å². The van der Waals surface area contributed by atoms with E-state index in [1.165, 1.54) is 0 Å². The number of benzene rings is 3. The Kier molecular flexibility index (Phi) is 3.48. The molecule has 0 saturated heterocycles. The van der Waals surface area contributed by atoms with Gasteiger partial charge in [-0.15, -0.1) is 4.91 Å². The van der Waals surface area contributed by atoms with Crippen molar-refractivity contribution >= 4 is 11.4 Å². The highest BCUT2D eigenvalue weighted by molar-refractivity contribution is 5.96. The van der Waals surface area contributed by atoms with E-state index in [9.17, 15) is 4.91 Å². The second-order valence-corrected chi connectivity index (χ2v) is 4.75. The summed E-state index contributed by atoms with van der Waals surface area (Å²) in [6.07, 6.45) is 0. The Morgan fingerprint density at radius 2 is 1.19 bits per heavy atom. The average molecular weight is 274 g/mol. The molecule has 0 heterocycles. The van der Waals surface area contributed by atoms with E-state index in [0.717, 1.165) is 22.3 Å². The second kappa shape index (κ2) is 5.59. The summed E-state index contributed by atoms with van der Waals surface area (Å²) in [5.41, 5.74) is 10.7. The van der Waals surface area contributed by atoms with Gasteiger partial charge in [0.1, 0.15) is 5.69 Å². The number of rotatable bonds is 3. The van der Waals surface area contributed by atoms with Gasteiger partial charge >= 0.3 is 0 Å². The Labute approximate surface area is 123 Å². The van der Waals surface area contributed by atoms with Gasteiger partial charge in [0.05, 0.1) is 0 Å². The highest BCUT2D eigenvalue weighted by Crippen LogP contribution is 2.42. The monoisotopic (exact) mass is 274 g/mol. The largest absolute Gasteiger partial charge is 0.398 e. The molecule has 3 aromatic rings. The number of nitroso groups, excluding NO2 is 1. The van der Waals surface area contributed by atoms with Crippen molar-refractivity contribution in [3.05, 3.63) is 77.7 Å². The lowest BCUT2D eigenvalue weighted by molar-refractivity contribution is 1.48. The van der Waals surface area contributed by atoms with E-state index in [4.69, 9.17) is 5.73 Å². The van der Waals surface area contributed by atoms with Crippen molar-refractivity contribution in [3.8, 4) is 22.3 Å². The summed E-state index contributed by atoms with van der Waals surface area (Å²) in [5.74, 6) is 0. The van der Waals surface area contributed by atoms with E-state index >= 15 is 0 Å². The second-order valence-electron chi connectivity index (χ2n) is 4.75. The molecule has 0 radical (unpaired) electrons. The SMILES string of the molecule is Nc1ccc(N=O)c(-c2ccccc2)c1-c1ccccc1. The first kappa shape index (κ1) is 13.1. The van der Waals surface area contributed by atoms with Crippen LogP contribution in [0.4, 0.5) is 11.4 Å². The maximum Gasteiger partial charge on any atom is 0.116 e. The van der Waals surface area contributed by atoms with Gasteiger partial charge in [0.2, 0.25) is 0 Å². The standard InChI is InChI=1S/C18H14N2O/c19-15-11-12-16(20-21)18(14-9-5-2-6-10-14)17(15)13-7-3-1-4-8-13/h1-12H,19H2. The summed E-state index contributed by atoms with van der Waals surface area (Å²) in [7, 11) is 0. The van der Waals surface area contributed by atoms with E-state index in [-0.39, 0.29) is 0 Å². The van der Waals surface area contributed by atoms with Crippen molar-refractivity contribution in [2.45, 2.75) is 0 Å². The molecular formula is C18H14N2O. The van der Waals surface area contributed by atoms with Crippen LogP contribution in [0.15, 0.2) is 78.0 Å². The van der Waals surface area contributed by atoms with Gasteiger partial charge in [-0.1, -0.05) is 60.7 Å². The minimum atomic E-state index is 0.397. The van der Waals surface area contributed by atoms with Crippen molar-refractivity contribution < 1.29 is 0 Å². The number of hydrogen-bond acceptors (Lipinski definition) is 3. The van der Waals surface area contributed by atoms with Crippen LogP contribution in [0, 0.1) is 4.91 Å². The third-order valence-electron chi connectivity index (χ3n) is 3.44. The predicted octanol–water partition coefficient (Wildman–Crippen LogP) is 5.00. The Morgan fingerprint density at radius 1 is 0.667 bits per heavy atom. The maximum absolute atomic E-state index is 11.2. The number of nitrogen functional groups attached to an aromatic ring is 1. The number of nitrogens with zero attached hydrogens (tertiary/aromatic N) is 1. The van der Waals surface area contributed by atoms with Crippen LogP contribution in [-0.4, -0.2) is 0 Å². The molecule has 0 aliphatic rings. The van der Waals surface area contributed by atoms with Crippen LogP contribution in [0.1, 0.15) is 0 Å². The van der Waals surface area contributed by atoms with Gasteiger partial charge in [0, 0.05) is 16.8 Å². The minimum Gasteiger partial charge on any atom is -0.398 e. The quantitative estimate of drug-likeness (QED) is 0.539. The molecule has 0 amide bonds. The average Bonchev–Trinajstić information content (AvgIpc) is 2.56. The molecule has 3 heteroatoms. The van der Waals surface area contributed by atoms with Gasteiger partial charge in [0.25, 0.3) is 0 Å². The lowest BCUT2D eigenvalue weighted by Crippen LogP contribution is -1.94. The molecule has 0 aliphatic carbocycles. The molecule has 0 aliphatic heterocycles. The molecule has 0 atom stereocenters. The Balaban J connectivity index is 2.36. The van der Waals surface area contributed by atoms with Crippen LogP contribution in [0.3, 0.4) is 0 Å². The number of anilines is 1. The summed E-state index contributed by atoms with van der Waals surface area (Å²) >= 11 is 0. The summed E-state index contributed by atoms with van der Waals surface area (Å²) < 4.78 is 0. The fourth-order valence-electron chi connectivity index (χ4n) is 2.50. The summed E-state index contributed by atoms with van der Waals surface area (Å²) in [6, 6.07) is 22.9. The number of hydrogen-bond donors (Lipinski definition) is 1. The first-order valence-corrected chi connectivity index (χ1v) is 6.68. The van der Waals surface area contributed by atoms with Crippen LogP contribution in [-0.2, 0) is 0 Å². The Bertz CT molecular complexity index is 768. The molecule has 0 bridgehead atoms. The van der Waals surface area contributed by atoms with Crippen LogP contribution >= 0.6 is 0 Å². The van der Waals surface area contributed by atoms with E-state index in [2.05, 4.69) is 5.18 Å². The van der Waals surface area contributed by atoms with Crippen LogP contribution in [0.25, 0.3) is 22.3 Å². The summed E-state index contributed by atoms with van der Waals surface area (Å²) in [6.45, 7) is 0. The van der Waals surface area contributed by atoms with E-state index in [1.807, 2.05) is 60.7 Å². The van der Waals surface area contributed by atoms with Crippen molar-refractivity contribution in [1.29, 1.82) is 0 Å². The van der Waals surface area contributed by atoms with Gasteiger partial charge in [-0.2, -0.15) is 0 Å². The molecule has 0 aromatic heterocycles. The zero-order valence-corrected chi connectivity index (χ0v) is 11.4. The summed E-state index contributed by atoms with van der Waals surface area (Å²) in [4.78, 5) is 11.2. The molecule has 21 heavy (non-hydrogen) atoms. The molecule has 3 rings (SSSR count). The van der Waals surface area contributed by atoms with Crippen molar-refractivity contribution in [2.75, 3.05) is 5.73 Å². The third kappa shape index (κ3) is 2.41. The molecule has 102 valence electrons. The topological polar surface area (TPSA) is 55.4 Å². The normalized spacial score (nSPS) is 10.3. The highest BCUT2D eigenvalue weighted by atomic mass is 16.3. The lowest BCUT2D eigenvalue weighted by Gasteiger charge is -2.14.